The topological polar surface area (TPSA) is 20.3 Å². The number of rotatable bonds is 2. The highest BCUT2D eigenvalue weighted by molar-refractivity contribution is 14.1. The molecule has 1 amide bonds. The van der Waals surface area contributed by atoms with Crippen molar-refractivity contribution in [3.8, 4) is 0 Å². The largest absolute Gasteiger partial charge is 0.339 e. The van der Waals surface area contributed by atoms with Crippen LogP contribution in [-0.2, 0) is 6.42 Å². The maximum atomic E-state index is 12.2. The summed E-state index contributed by atoms with van der Waals surface area (Å²) in [5.74, 6) is 0.200. The molecule has 1 aliphatic rings. The Balaban J connectivity index is 2.24. The second-order valence-electron chi connectivity index (χ2n) is 4.20. The van der Waals surface area contributed by atoms with Gasteiger partial charge in [0.1, 0.15) is 0 Å². The van der Waals surface area contributed by atoms with Gasteiger partial charge in [-0.3, -0.25) is 4.79 Å². The minimum Gasteiger partial charge on any atom is -0.339 e. The van der Waals surface area contributed by atoms with Gasteiger partial charge in [0.15, 0.2) is 0 Å². The van der Waals surface area contributed by atoms with E-state index >= 15 is 0 Å². The molecule has 16 heavy (non-hydrogen) atoms. The third-order valence-corrected chi connectivity index (χ3v) is 3.63. The molecule has 0 saturated carbocycles. The number of benzene rings is 1. The number of halogens is 1. The zero-order valence-electron chi connectivity index (χ0n) is 9.50. The molecule has 0 spiro atoms. The third kappa shape index (κ3) is 2.56. The summed E-state index contributed by atoms with van der Waals surface area (Å²) >= 11 is 2.28. The maximum absolute atomic E-state index is 12.2. The van der Waals surface area contributed by atoms with Gasteiger partial charge in [-0.1, -0.05) is 6.92 Å². The normalized spacial score (nSPS) is 15.5. The smallest absolute Gasteiger partial charge is 0.253 e. The Bertz CT molecular complexity index is 397. The fraction of sp³-hybridized carbons (Fsp3) is 0.462. The minimum absolute atomic E-state index is 0.200. The Hall–Kier alpha value is -0.580. The van der Waals surface area contributed by atoms with Gasteiger partial charge in [-0.15, -0.1) is 0 Å². The molecule has 1 aliphatic heterocycles. The van der Waals surface area contributed by atoms with Gasteiger partial charge in [-0.25, -0.2) is 0 Å². The molecule has 2 rings (SSSR count). The van der Waals surface area contributed by atoms with Crippen LogP contribution in [0.4, 0.5) is 0 Å². The number of hydrogen-bond donors (Lipinski definition) is 0. The molecule has 1 aromatic carbocycles. The van der Waals surface area contributed by atoms with Gasteiger partial charge in [-0.2, -0.15) is 0 Å². The number of likely N-dealkylation sites (tertiary alicyclic amines) is 1. The number of carbonyl (C=O) groups excluding carboxylic acids is 1. The molecule has 3 heteroatoms. The van der Waals surface area contributed by atoms with E-state index < -0.39 is 0 Å². The van der Waals surface area contributed by atoms with Crippen LogP contribution in [-0.4, -0.2) is 23.9 Å². The first-order valence-electron chi connectivity index (χ1n) is 5.79. The Morgan fingerprint density at radius 2 is 2.00 bits per heavy atom. The highest BCUT2D eigenvalue weighted by atomic mass is 127. The highest BCUT2D eigenvalue weighted by Crippen LogP contribution is 2.17. The average Bonchev–Trinajstić information content (AvgIpc) is 2.80. The van der Waals surface area contributed by atoms with Crippen LogP contribution in [0.25, 0.3) is 0 Å². The van der Waals surface area contributed by atoms with Crippen molar-refractivity contribution in [3.05, 3.63) is 32.9 Å². The van der Waals surface area contributed by atoms with Gasteiger partial charge in [0.2, 0.25) is 0 Å². The summed E-state index contributed by atoms with van der Waals surface area (Å²) in [6.45, 7) is 3.97. The average molecular weight is 329 g/mol. The van der Waals surface area contributed by atoms with Crippen molar-refractivity contribution >= 4 is 28.5 Å². The Morgan fingerprint density at radius 3 is 2.62 bits per heavy atom. The summed E-state index contributed by atoms with van der Waals surface area (Å²) < 4.78 is 1.15. The molecule has 0 bridgehead atoms. The van der Waals surface area contributed by atoms with E-state index in [1.807, 2.05) is 17.0 Å². The standard InChI is InChI=1S/C13H16INO/c1-2-10-7-11(9-12(14)8-10)13(16)15-5-3-4-6-15/h7-9H,2-6H2,1H3. The van der Waals surface area contributed by atoms with Crippen LogP contribution >= 0.6 is 22.6 Å². The molecule has 2 nitrogen and oxygen atoms in total. The lowest BCUT2D eigenvalue weighted by molar-refractivity contribution is 0.0792. The molecule has 1 saturated heterocycles. The van der Waals surface area contributed by atoms with Crippen molar-refractivity contribution < 1.29 is 4.79 Å². The van der Waals surface area contributed by atoms with Crippen molar-refractivity contribution in [1.82, 2.24) is 4.90 Å². The number of aryl methyl sites for hydroxylation is 1. The van der Waals surface area contributed by atoms with E-state index in [9.17, 15) is 4.79 Å². The quantitative estimate of drug-likeness (QED) is 0.764. The molecule has 1 aromatic rings. The van der Waals surface area contributed by atoms with Gasteiger partial charge < -0.3 is 4.90 Å². The van der Waals surface area contributed by atoms with Crippen LogP contribution in [0.5, 0.6) is 0 Å². The summed E-state index contributed by atoms with van der Waals surface area (Å²) in [5.41, 5.74) is 2.10. The van der Waals surface area contributed by atoms with E-state index in [4.69, 9.17) is 0 Å². The fourth-order valence-corrected chi connectivity index (χ4v) is 2.82. The summed E-state index contributed by atoms with van der Waals surface area (Å²) in [6.07, 6.45) is 3.28. The number of carbonyl (C=O) groups is 1. The molecule has 0 N–H and O–H groups in total. The first kappa shape index (κ1) is 11.9. The van der Waals surface area contributed by atoms with Crippen LogP contribution in [0.3, 0.4) is 0 Å². The maximum Gasteiger partial charge on any atom is 0.253 e. The number of hydrogen-bond acceptors (Lipinski definition) is 1. The monoisotopic (exact) mass is 329 g/mol. The van der Waals surface area contributed by atoms with Gasteiger partial charge in [0, 0.05) is 22.2 Å². The van der Waals surface area contributed by atoms with Gasteiger partial charge >= 0.3 is 0 Å². The molecule has 0 unspecified atom stereocenters. The number of nitrogens with zero attached hydrogens (tertiary/aromatic N) is 1. The molecule has 1 fully saturated rings. The summed E-state index contributed by atoms with van der Waals surface area (Å²) in [7, 11) is 0. The number of amides is 1. The molecule has 0 aliphatic carbocycles. The lowest BCUT2D eigenvalue weighted by Crippen LogP contribution is -2.27. The molecule has 86 valence electrons. The molecular weight excluding hydrogens is 313 g/mol. The van der Waals surface area contributed by atoms with E-state index in [0.29, 0.717) is 0 Å². The Labute approximate surface area is 110 Å². The lowest BCUT2D eigenvalue weighted by atomic mass is 10.1. The van der Waals surface area contributed by atoms with Gasteiger partial charge in [0.05, 0.1) is 0 Å². The van der Waals surface area contributed by atoms with E-state index in [1.165, 1.54) is 5.56 Å². The van der Waals surface area contributed by atoms with Gasteiger partial charge in [0.25, 0.3) is 5.91 Å². The predicted molar refractivity (Wildman–Crippen MR) is 73.7 cm³/mol. The predicted octanol–water partition coefficient (Wildman–Crippen LogP) is 3.09. The van der Waals surface area contributed by atoms with E-state index in [-0.39, 0.29) is 5.91 Å². The SMILES string of the molecule is CCc1cc(I)cc(C(=O)N2CCCC2)c1. The second-order valence-corrected chi connectivity index (χ2v) is 5.45. The second kappa shape index (κ2) is 5.17. The van der Waals surface area contributed by atoms with Crippen LogP contribution in [0.15, 0.2) is 18.2 Å². The fourth-order valence-electron chi connectivity index (χ4n) is 2.08. The van der Waals surface area contributed by atoms with E-state index in [2.05, 4.69) is 35.6 Å². The minimum atomic E-state index is 0.200. The summed E-state index contributed by atoms with van der Waals surface area (Å²) in [5, 5.41) is 0. The van der Waals surface area contributed by atoms with Crippen molar-refractivity contribution in [2.24, 2.45) is 0 Å². The van der Waals surface area contributed by atoms with Crippen LogP contribution in [0.2, 0.25) is 0 Å². The Kier molecular flexibility index (Phi) is 3.84. The van der Waals surface area contributed by atoms with E-state index in [0.717, 1.165) is 41.5 Å². The molecule has 0 aromatic heterocycles. The van der Waals surface area contributed by atoms with E-state index in [1.54, 1.807) is 0 Å². The Morgan fingerprint density at radius 1 is 1.31 bits per heavy atom. The lowest BCUT2D eigenvalue weighted by Gasteiger charge is -2.16. The van der Waals surface area contributed by atoms with Crippen LogP contribution < -0.4 is 0 Å². The first-order valence-corrected chi connectivity index (χ1v) is 6.87. The van der Waals surface area contributed by atoms with Crippen molar-refractivity contribution in [2.75, 3.05) is 13.1 Å². The molecule has 1 heterocycles. The first-order chi connectivity index (χ1) is 7.70. The molecule has 0 radical (unpaired) electrons. The van der Waals surface area contributed by atoms with Crippen molar-refractivity contribution in [1.29, 1.82) is 0 Å². The molecular formula is C13H16INO. The van der Waals surface area contributed by atoms with Crippen molar-refractivity contribution in [2.45, 2.75) is 26.2 Å². The zero-order chi connectivity index (χ0) is 11.5. The van der Waals surface area contributed by atoms with Crippen LogP contribution in [0, 0.1) is 3.57 Å². The van der Waals surface area contributed by atoms with Crippen molar-refractivity contribution in [3.63, 3.8) is 0 Å². The molecule has 0 atom stereocenters. The summed E-state index contributed by atoms with van der Waals surface area (Å²) in [6, 6.07) is 6.16. The van der Waals surface area contributed by atoms with Gasteiger partial charge in [-0.05, 0) is 65.6 Å². The van der Waals surface area contributed by atoms with Crippen LogP contribution in [0.1, 0.15) is 35.7 Å². The zero-order valence-corrected chi connectivity index (χ0v) is 11.7. The summed E-state index contributed by atoms with van der Waals surface area (Å²) in [4.78, 5) is 14.2. The third-order valence-electron chi connectivity index (χ3n) is 3.01. The highest BCUT2D eigenvalue weighted by Gasteiger charge is 2.19.